The van der Waals surface area contributed by atoms with Crippen LogP contribution in [0.15, 0.2) is 42.5 Å². The Morgan fingerprint density at radius 3 is 2.71 bits per heavy atom. The Bertz CT molecular complexity index is 638. The van der Waals surface area contributed by atoms with Gasteiger partial charge in [-0.15, -0.1) is 0 Å². The summed E-state index contributed by atoms with van der Waals surface area (Å²) in [6, 6.07) is 13.0. The maximum absolute atomic E-state index is 12.2. The topological polar surface area (TPSA) is 64.3 Å². The van der Waals surface area contributed by atoms with Crippen molar-refractivity contribution in [2.75, 3.05) is 11.9 Å². The van der Waals surface area contributed by atoms with Gasteiger partial charge in [-0.2, -0.15) is 0 Å². The molecule has 3 N–H and O–H groups in total. The molecule has 0 aliphatic carbocycles. The number of nitrogens with two attached hydrogens (primary N) is 1. The van der Waals surface area contributed by atoms with Crippen LogP contribution in [0.1, 0.15) is 28.4 Å². The molecule has 0 saturated heterocycles. The van der Waals surface area contributed by atoms with Crippen LogP contribution in [0, 0.1) is 6.92 Å². The molecule has 0 spiro atoms. The van der Waals surface area contributed by atoms with Crippen molar-refractivity contribution in [3.8, 4) is 5.75 Å². The van der Waals surface area contributed by atoms with Gasteiger partial charge in [-0.1, -0.05) is 17.7 Å². The van der Waals surface area contributed by atoms with E-state index in [1.54, 1.807) is 6.07 Å². The number of anilines is 1. The molecule has 0 aliphatic heterocycles. The molecule has 110 valence electrons. The third-order valence-electron chi connectivity index (χ3n) is 3.12. The summed E-state index contributed by atoms with van der Waals surface area (Å²) in [4.78, 5) is 12.2. The van der Waals surface area contributed by atoms with E-state index in [0.29, 0.717) is 24.4 Å². The maximum atomic E-state index is 12.2. The van der Waals surface area contributed by atoms with Crippen LogP contribution in [0.25, 0.3) is 0 Å². The van der Waals surface area contributed by atoms with E-state index in [0.717, 1.165) is 16.9 Å². The minimum atomic E-state index is -0.133. The SMILES string of the molecule is CCOc1ccc(NC(=O)c2cccc(C)c2)cc1CN. The molecule has 0 bridgehead atoms. The zero-order valence-electron chi connectivity index (χ0n) is 12.3. The Morgan fingerprint density at radius 1 is 1.24 bits per heavy atom. The normalized spacial score (nSPS) is 10.2. The molecule has 21 heavy (non-hydrogen) atoms. The number of rotatable bonds is 5. The largest absolute Gasteiger partial charge is 0.494 e. The van der Waals surface area contributed by atoms with Gasteiger partial charge in [0.2, 0.25) is 0 Å². The first kappa shape index (κ1) is 15.1. The number of carbonyl (C=O) groups excluding carboxylic acids is 1. The van der Waals surface area contributed by atoms with Gasteiger partial charge in [-0.05, 0) is 44.2 Å². The average Bonchev–Trinajstić information content (AvgIpc) is 2.49. The number of hydrogen-bond acceptors (Lipinski definition) is 3. The molecular formula is C17H20N2O2. The Hall–Kier alpha value is -2.33. The van der Waals surface area contributed by atoms with Crippen molar-refractivity contribution in [1.29, 1.82) is 0 Å². The second-order valence-electron chi connectivity index (χ2n) is 4.78. The third kappa shape index (κ3) is 3.83. The van der Waals surface area contributed by atoms with Crippen molar-refractivity contribution in [3.05, 3.63) is 59.2 Å². The number of ether oxygens (including phenoxy) is 1. The lowest BCUT2D eigenvalue weighted by molar-refractivity contribution is 0.102. The summed E-state index contributed by atoms with van der Waals surface area (Å²) in [5.41, 5.74) is 9.00. The Kier molecular flexibility index (Phi) is 4.95. The summed E-state index contributed by atoms with van der Waals surface area (Å²) < 4.78 is 5.50. The zero-order valence-corrected chi connectivity index (χ0v) is 12.3. The van der Waals surface area contributed by atoms with E-state index in [1.165, 1.54) is 0 Å². The molecule has 0 heterocycles. The fraction of sp³-hybridized carbons (Fsp3) is 0.235. The number of aryl methyl sites for hydroxylation is 1. The molecule has 0 radical (unpaired) electrons. The monoisotopic (exact) mass is 284 g/mol. The molecule has 0 atom stereocenters. The van der Waals surface area contributed by atoms with Gasteiger partial charge in [0.15, 0.2) is 0 Å². The first-order valence-electron chi connectivity index (χ1n) is 6.98. The maximum Gasteiger partial charge on any atom is 0.255 e. The molecule has 0 aliphatic rings. The highest BCUT2D eigenvalue weighted by atomic mass is 16.5. The Balaban J connectivity index is 2.17. The van der Waals surface area contributed by atoms with Crippen LogP contribution in [-0.2, 0) is 6.54 Å². The highest BCUT2D eigenvalue weighted by Crippen LogP contribution is 2.23. The van der Waals surface area contributed by atoms with Gasteiger partial charge in [-0.25, -0.2) is 0 Å². The van der Waals surface area contributed by atoms with E-state index in [-0.39, 0.29) is 5.91 Å². The molecule has 4 heteroatoms. The predicted molar refractivity (Wildman–Crippen MR) is 84.6 cm³/mol. The summed E-state index contributed by atoms with van der Waals surface area (Å²) in [5, 5.41) is 2.88. The fourth-order valence-electron chi connectivity index (χ4n) is 2.10. The fourth-order valence-corrected chi connectivity index (χ4v) is 2.10. The van der Waals surface area contributed by atoms with Crippen molar-refractivity contribution in [2.24, 2.45) is 5.73 Å². The molecule has 0 unspecified atom stereocenters. The van der Waals surface area contributed by atoms with Crippen molar-refractivity contribution in [1.82, 2.24) is 0 Å². The Labute approximate surface area is 124 Å². The first-order valence-corrected chi connectivity index (χ1v) is 6.98. The standard InChI is InChI=1S/C17H20N2O2/c1-3-21-16-8-7-15(10-14(16)11-18)19-17(20)13-6-4-5-12(2)9-13/h4-10H,3,11,18H2,1-2H3,(H,19,20). The van der Waals surface area contributed by atoms with Crippen LogP contribution < -0.4 is 15.8 Å². The Morgan fingerprint density at radius 2 is 2.05 bits per heavy atom. The van der Waals surface area contributed by atoms with E-state index in [1.807, 2.05) is 50.2 Å². The van der Waals surface area contributed by atoms with E-state index >= 15 is 0 Å². The minimum Gasteiger partial charge on any atom is -0.494 e. The van der Waals surface area contributed by atoms with Crippen molar-refractivity contribution in [2.45, 2.75) is 20.4 Å². The van der Waals surface area contributed by atoms with Crippen molar-refractivity contribution in [3.63, 3.8) is 0 Å². The minimum absolute atomic E-state index is 0.133. The van der Waals surface area contributed by atoms with E-state index in [2.05, 4.69) is 5.32 Å². The van der Waals surface area contributed by atoms with Crippen molar-refractivity contribution < 1.29 is 9.53 Å². The molecular weight excluding hydrogens is 264 g/mol. The number of carbonyl (C=O) groups is 1. The number of hydrogen-bond donors (Lipinski definition) is 2. The molecule has 4 nitrogen and oxygen atoms in total. The number of benzene rings is 2. The molecule has 2 rings (SSSR count). The molecule has 0 saturated carbocycles. The van der Waals surface area contributed by atoms with Gasteiger partial charge in [-0.3, -0.25) is 4.79 Å². The molecule has 1 amide bonds. The van der Waals surface area contributed by atoms with E-state index in [4.69, 9.17) is 10.5 Å². The van der Waals surface area contributed by atoms with E-state index in [9.17, 15) is 4.79 Å². The summed E-state index contributed by atoms with van der Waals surface area (Å²) in [5.74, 6) is 0.624. The van der Waals surface area contributed by atoms with Crippen molar-refractivity contribution >= 4 is 11.6 Å². The van der Waals surface area contributed by atoms with Crippen LogP contribution in [0.3, 0.4) is 0 Å². The summed E-state index contributed by atoms with van der Waals surface area (Å²) in [6.45, 7) is 4.83. The third-order valence-corrected chi connectivity index (χ3v) is 3.12. The average molecular weight is 284 g/mol. The van der Waals surface area contributed by atoms with Crippen LogP contribution >= 0.6 is 0 Å². The highest BCUT2D eigenvalue weighted by Gasteiger charge is 2.08. The smallest absolute Gasteiger partial charge is 0.255 e. The lowest BCUT2D eigenvalue weighted by Gasteiger charge is -2.12. The van der Waals surface area contributed by atoms with Gasteiger partial charge >= 0.3 is 0 Å². The van der Waals surface area contributed by atoms with Gasteiger partial charge in [0, 0.05) is 23.4 Å². The predicted octanol–water partition coefficient (Wildman–Crippen LogP) is 3.10. The molecule has 2 aromatic rings. The van der Waals surface area contributed by atoms with Crippen LogP contribution in [0.2, 0.25) is 0 Å². The van der Waals surface area contributed by atoms with E-state index < -0.39 is 0 Å². The summed E-state index contributed by atoms with van der Waals surface area (Å²) in [7, 11) is 0. The second kappa shape index (κ2) is 6.90. The lowest BCUT2D eigenvalue weighted by atomic mass is 10.1. The summed E-state index contributed by atoms with van der Waals surface area (Å²) >= 11 is 0. The second-order valence-corrected chi connectivity index (χ2v) is 4.78. The lowest BCUT2D eigenvalue weighted by Crippen LogP contribution is -2.12. The van der Waals surface area contributed by atoms with Gasteiger partial charge in [0.05, 0.1) is 6.61 Å². The molecule has 0 aromatic heterocycles. The van der Waals surface area contributed by atoms with Gasteiger partial charge < -0.3 is 15.8 Å². The highest BCUT2D eigenvalue weighted by molar-refractivity contribution is 6.04. The number of amides is 1. The van der Waals surface area contributed by atoms with Gasteiger partial charge in [0.1, 0.15) is 5.75 Å². The number of nitrogens with one attached hydrogen (secondary N) is 1. The molecule has 0 fully saturated rings. The first-order chi connectivity index (χ1) is 10.1. The van der Waals surface area contributed by atoms with Crippen LogP contribution in [-0.4, -0.2) is 12.5 Å². The van der Waals surface area contributed by atoms with Gasteiger partial charge in [0.25, 0.3) is 5.91 Å². The molecule has 2 aromatic carbocycles. The van der Waals surface area contributed by atoms with Crippen LogP contribution in [0.5, 0.6) is 5.75 Å². The van der Waals surface area contributed by atoms with Crippen LogP contribution in [0.4, 0.5) is 5.69 Å². The zero-order chi connectivity index (χ0) is 15.2. The quantitative estimate of drug-likeness (QED) is 0.886. The summed E-state index contributed by atoms with van der Waals surface area (Å²) in [6.07, 6.45) is 0.